The number of nitrogens with zero attached hydrogens (tertiary/aromatic N) is 2. The van der Waals surface area contributed by atoms with Gasteiger partial charge in [0.25, 0.3) is 0 Å². The molecule has 0 aliphatic carbocycles. The maximum Gasteiger partial charge on any atom is 0.431 e. The fraction of sp³-hybridized carbons (Fsp3) is 0.760. The quantitative estimate of drug-likeness (QED) is 0.109. The predicted molar refractivity (Wildman–Crippen MR) is 138 cm³/mol. The number of carbonyl (C=O) groups excluding carboxylic acids is 4. The van der Waals surface area contributed by atoms with Crippen LogP contribution in [0.15, 0.2) is 12.2 Å². The summed E-state index contributed by atoms with van der Waals surface area (Å²) in [4.78, 5) is 51.2. The zero-order chi connectivity index (χ0) is 28.5. The molecule has 0 aliphatic heterocycles. The highest BCUT2D eigenvalue weighted by molar-refractivity contribution is 5.77. The summed E-state index contributed by atoms with van der Waals surface area (Å²) in [5.74, 6) is 0. The lowest BCUT2D eigenvalue weighted by Crippen LogP contribution is -2.64. The predicted octanol–water partition coefficient (Wildman–Crippen LogP) is 5.63. The number of unbranched alkanes of at least 4 members (excludes halogenated alkanes) is 2. The van der Waals surface area contributed by atoms with Gasteiger partial charge < -0.3 is 18.9 Å². The van der Waals surface area contributed by atoms with Crippen molar-refractivity contribution in [1.29, 1.82) is 0 Å². The van der Waals surface area contributed by atoms with Gasteiger partial charge in [0.05, 0.1) is 24.4 Å². The molecule has 2 N–H and O–H groups in total. The number of hydrogen-bond donors (Lipinski definition) is 2. The minimum atomic E-state index is -1.26. The third-order valence-corrected chi connectivity index (χ3v) is 4.25. The Morgan fingerprint density at radius 3 is 1.38 bits per heavy atom. The standard InChI is InChI=1S/C25H46N4O8/c1-10-11-12-13-14-15-16-21(28(24(32)36-19(6)7)26-22(30)34-17(2)3)29(25(33)37-20(8)9)27-23(31)35-18(4)5/h13-14,17-21H,10-12,15-16H2,1-9H3,(H,26,30)(H,27,31)/b14-13-. The number of rotatable bonds is 12. The van der Waals surface area contributed by atoms with Gasteiger partial charge in [0.1, 0.15) is 0 Å². The number of hydrazine groups is 2. The summed E-state index contributed by atoms with van der Waals surface area (Å²) < 4.78 is 20.9. The smallest absolute Gasteiger partial charge is 0.431 e. The van der Waals surface area contributed by atoms with Crippen molar-refractivity contribution in [3.05, 3.63) is 12.2 Å². The van der Waals surface area contributed by atoms with Gasteiger partial charge in [-0.3, -0.25) is 0 Å². The van der Waals surface area contributed by atoms with Gasteiger partial charge in [-0.1, -0.05) is 31.9 Å². The summed E-state index contributed by atoms with van der Waals surface area (Å²) in [5, 5.41) is 1.61. The second kappa shape index (κ2) is 18.1. The van der Waals surface area contributed by atoms with Gasteiger partial charge in [-0.05, 0) is 74.7 Å². The third-order valence-electron chi connectivity index (χ3n) is 4.25. The summed E-state index contributed by atoms with van der Waals surface area (Å²) in [6.07, 6.45) is 0.221. The van der Waals surface area contributed by atoms with E-state index in [0.29, 0.717) is 6.42 Å². The number of carbonyl (C=O) groups is 4. The van der Waals surface area contributed by atoms with Gasteiger partial charge >= 0.3 is 24.4 Å². The van der Waals surface area contributed by atoms with E-state index in [9.17, 15) is 19.2 Å². The van der Waals surface area contributed by atoms with Gasteiger partial charge in [-0.2, -0.15) is 10.0 Å². The average molecular weight is 531 g/mol. The van der Waals surface area contributed by atoms with Crippen molar-refractivity contribution in [2.75, 3.05) is 0 Å². The van der Waals surface area contributed by atoms with Crippen molar-refractivity contribution in [3.8, 4) is 0 Å². The minimum absolute atomic E-state index is 0.104. The molecule has 0 aromatic heterocycles. The number of hydrogen-bond acceptors (Lipinski definition) is 8. The van der Waals surface area contributed by atoms with E-state index < -0.39 is 55.0 Å². The van der Waals surface area contributed by atoms with Crippen LogP contribution in [0.2, 0.25) is 0 Å². The van der Waals surface area contributed by atoms with Gasteiger partial charge in [0.15, 0.2) is 6.17 Å². The third kappa shape index (κ3) is 15.5. The van der Waals surface area contributed by atoms with Crippen LogP contribution in [0.25, 0.3) is 0 Å². The average Bonchev–Trinajstić information content (AvgIpc) is 2.74. The molecular weight excluding hydrogens is 484 g/mol. The van der Waals surface area contributed by atoms with E-state index in [1.54, 1.807) is 55.4 Å². The van der Waals surface area contributed by atoms with Crippen LogP contribution in [-0.4, -0.2) is 65.0 Å². The highest BCUT2D eigenvalue weighted by atomic mass is 16.6. The zero-order valence-corrected chi connectivity index (χ0v) is 23.7. The Bertz CT molecular complexity index is 690. The second-order valence-corrected chi connectivity index (χ2v) is 9.41. The van der Waals surface area contributed by atoms with E-state index in [2.05, 4.69) is 17.8 Å². The Morgan fingerprint density at radius 1 is 0.649 bits per heavy atom. The first-order valence-corrected chi connectivity index (χ1v) is 12.9. The maximum absolute atomic E-state index is 13.1. The fourth-order valence-electron chi connectivity index (χ4n) is 2.85. The molecule has 4 amide bonds. The summed E-state index contributed by atoms with van der Waals surface area (Å²) in [7, 11) is 0. The van der Waals surface area contributed by atoms with Crippen LogP contribution in [0.5, 0.6) is 0 Å². The molecule has 0 rings (SSSR count). The number of ether oxygens (including phenoxy) is 4. The fourth-order valence-corrected chi connectivity index (χ4v) is 2.85. The molecular formula is C25H46N4O8. The first-order chi connectivity index (χ1) is 17.3. The molecule has 0 saturated carbocycles. The topological polar surface area (TPSA) is 136 Å². The van der Waals surface area contributed by atoms with E-state index >= 15 is 0 Å². The second-order valence-electron chi connectivity index (χ2n) is 9.41. The molecule has 0 radical (unpaired) electrons. The van der Waals surface area contributed by atoms with Crippen molar-refractivity contribution < 1.29 is 38.1 Å². The first-order valence-electron chi connectivity index (χ1n) is 12.9. The monoisotopic (exact) mass is 530 g/mol. The van der Waals surface area contributed by atoms with Crippen molar-refractivity contribution in [2.24, 2.45) is 0 Å². The largest absolute Gasteiger partial charge is 0.446 e. The van der Waals surface area contributed by atoms with Crippen LogP contribution in [0.4, 0.5) is 19.2 Å². The number of allylic oxidation sites excluding steroid dienone is 2. The molecule has 0 aromatic rings. The van der Waals surface area contributed by atoms with Crippen LogP contribution in [0.1, 0.15) is 94.4 Å². The van der Waals surface area contributed by atoms with E-state index in [-0.39, 0.29) is 6.42 Å². The van der Waals surface area contributed by atoms with Crippen LogP contribution in [-0.2, 0) is 18.9 Å². The Morgan fingerprint density at radius 2 is 1.03 bits per heavy atom. The van der Waals surface area contributed by atoms with Crippen LogP contribution < -0.4 is 10.9 Å². The normalized spacial score (nSPS) is 11.3. The van der Waals surface area contributed by atoms with E-state index in [0.717, 1.165) is 29.3 Å². The van der Waals surface area contributed by atoms with Gasteiger partial charge in [-0.15, -0.1) is 0 Å². The summed E-state index contributed by atoms with van der Waals surface area (Å²) >= 11 is 0. The molecule has 0 heterocycles. The molecule has 0 fully saturated rings. The molecule has 0 atom stereocenters. The lowest BCUT2D eigenvalue weighted by Gasteiger charge is -2.37. The van der Waals surface area contributed by atoms with Crippen LogP contribution in [0, 0.1) is 0 Å². The van der Waals surface area contributed by atoms with Crippen molar-refractivity contribution in [3.63, 3.8) is 0 Å². The maximum atomic E-state index is 13.1. The summed E-state index contributed by atoms with van der Waals surface area (Å²) in [5.41, 5.74) is 4.70. The van der Waals surface area contributed by atoms with Crippen LogP contribution >= 0.6 is 0 Å². The van der Waals surface area contributed by atoms with Gasteiger partial charge in [0.2, 0.25) is 0 Å². The molecule has 0 unspecified atom stereocenters. The van der Waals surface area contributed by atoms with E-state index in [1.807, 2.05) is 12.2 Å². The van der Waals surface area contributed by atoms with E-state index in [1.165, 1.54) is 0 Å². The van der Waals surface area contributed by atoms with Gasteiger partial charge in [0, 0.05) is 0 Å². The summed E-state index contributed by atoms with van der Waals surface area (Å²) in [6.45, 7) is 15.2. The van der Waals surface area contributed by atoms with Crippen molar-refractivity contribution in [1.82, 2.24) is 20.9 Å². The Kier molecular flexibility index (Phi) is 16.6. The highest BCUT2D eigenvalue weighted by Crippen LogP contribution is 2.16. The Labute approximate surface area is 220 Å². The van der Waals surface area contributed by atoms with Crippen molar-refractivity contribution >= 4 is 24.4 Å². The Hall–Kier alpha value is -3.18. The molecule has 0 aromatic carbocycles. The minimum Gasteiger partial charge on any atom is -0.446 e. The zero-order valence-electron chi connectivity index (χ0n) is 23.7. The van der Waals surface area contributed by atoms with Gasteiger partial charge in [-0.25, -0.2) is 30.0 Å². The molecule has 0 spiro atoms. The molecule has 12 nitrogen and oxygen atoms in total. The molecule has 0 bridgehead atoms. The van der Waals surface area contributed by atoms with E-state index in [4.69, 9.17) is 18.9 Å². The summed E-state index contributed by atoms with van der Waals surface area (Å²) in [6, 6.07) is 0. The SMILES string of the molecule is CCCC/C=C\CCC(N(NC(=O)OC(C)C)C(=O)OC(C)C)N(NC(=O)OC(C)C)C(=O)OC(C)C. The highest BCUT2D eigenvalue weighted by Gasteiger charge is 2.38. The lowest BCUT2D eigenvalue weighted by molar-refractivity contribution is -0.0381. The molecule has 12 heteroatoms. The molecule has 37 heavy (non-hydrogen) atoms. The number of amides is 4. The molecule has 0 saturated heterocycles. The first kappa shape index (κ1) is 33.8. The molecule has 214 valence electrons. The number of nitrogens with one attached hydrogen (secondary N) is 2. The Balaban J connectivity index is 6.38. The van der Waals surface area contributed by atoms with Crippen LogP contribution in [0.3, 0.4) is 0 Å². The molecule has 0 aliphatic rings. The lowest BCUT2D eigenvalue weighted by atomic mass is 10.2. The van der Waals surface area contributed by atoms with Crippen molar-refractivity contribution in [2.45, 2.75) is 125 Å².